The van der Waals surface area contributed by atoms with Gasteiger partial charge in [0.05, 0.1) is 12.6 Å². The summed E-state index contributed by atoms with van der Waals surface area (Å²) >= 11 is 0. The minimum Gasteiger partial charge on any atom is -0.379 e. The predicted molar refractivity (Wildman–Crippen MR) is 92.7 cm³/mol. The molecule has 1 atom stereocenters. The van der Waals surface area contributed by atoms with Gasteiger partial charge in [0.1, 0.15) is 0 Å². The van der Waals surface area contributed by atoms with Gasteiger partial charge in [0, 0.05) is 12.2 Å². The zero-order valence-corrected chi connectivity index (χ0v) is 13.7. The van der Waals surface area contributed by atoms with Gasteiger partial charge in [-0.15, -0.1) is 0 Å². The van der Waals surface area contributed by atoms with Crippen LogP contribution in [0, 0.1) is 0 Å². The number of hydrogen-bond donors (Lipinski definition) is 1. The number of ether oxygens (including phenoxy) is 1. The molecule has 1 aliphatic rings. The lowest BCUT2D eigenvalue weighted by molar-refractivity contribution is 0.0930. The van der Waals surface area contributed by atoms with E-state index in [1.54, 1.807) is 0 Å². The molecule has 1 heterocycles. The van der Waals surface area contributed by atoms with Crippen molar-refractivity contribution in [3.05, 3.63) is 59.7 Å². The Bertz CT molecular complexity index is 688. The molecule has 1 N–H and O–H groups in total. The highest BCUT2D eigenvalue weighted by molar-refractivity contribution is 5.95. The molecule has 1 amide bonds. The topological polar surface area (TPSA) is 38.3 Å². The first kappa shape index (κ1) is 15.8. The van der Waals surface area contributed by atoms with Crippen LogP contribution in [0.1, 0.15) is 42.1 Å². The van der Waals surface area contributed by atoms with E-state index in [9.17, 15) is 4.79 Å². The van der Waals surface area contributed by atoms with Crippen LogP contribution in [0.25, 0.3) is 11.1 Å². The Hall–Kier alpha value is -2.13. The van der Waals surface area contributed by atoms with E-state index in [0.29, 0.717) is 18.1 Å². The van der Waals surface area contributed by atoms with Crippen molar-refractivity contribution < 1.29 is 9.53 Å². The third-order valence-corrected chi connectivity index (χ3v) is 4.28. The maximum atomic E-state index is 12.4. The fourth-order valence-electron chi connectivity index (χ4n) is 3.01. The van der Waals surface area contributed by atoms with Crippen molar-refractivity contribution in [2.24, 2.45) is 0 Å². The molecule has 23 heavy (non-hydrogen) atoms. The largest absolute Gasteiger partial charge is 0.379 e. The van der Waals surface area contributed by atoms with Crippen LogP contribution in [0.3, 0.4) is 0 Å². The molecule has 0 radical (unpaired) electrons. The molecule has 0 bridgehead atoms. The summed E-state index contributed by atoms with van der Waals surface area (Å²) in [5.41, 5.74) is 4.29. The van der Waals surface area contributed by atoms with Crippen molar-refractivity contribution in [2.45, 2.75) is 32.2 Å². The number of carbonyl (C=O) groups excluding carboxylic acids is 1. The van der Waals surface area contributed by atoms with Crippen LogP contribution < -0.4 is 5.32 Å². The van der Waals surface area contributed by atoms with E-state index in [-0.39, 0.29) is 11.9 Å². The molecule has 0 aliphatic carbocycles. The molecule has 120 valence electrons. The number of hydrogen-bond acceptors (Lipinski definition) is 2. The molecular weight excluding hydrogens is 286 g/mol. The van der Waals surface area contributed by atoms with E-state index in [0.717, 1.165) is 18.6 Å². The monoisotopic (exact) mass is 309 g/mol. The molecule has 1 fully saturated rings. The summed E-state index contributed by atoms with van der Waals surface area (Å²) in [4.78, 5) is 12.4. The van der Waals surface area contributed by atoms with Gasteiger partial charge in [0.15, 0.2) is 0 Å². The number of carbonyl (C=O) groups is 1. The van der Waals surface area contributed by atoms with Crippen molar-refractivity contribution >= 4 is 5.91 Å². The number of nitrogens with one attached hydrogen (secondary N) is 1. The van der Waals surface area contributed by atoms with Gasteiger partial charge >= 0.3 is 0 Å². The molecule has 3 nitrogen and oxygen atoms in total. The van der Waals surface area contributed by atoms with E-state index < -0.39 is 0 Å². The number of benzene rings is 2. The lowest BCUT2D eigenvalue weighted by atomic mass is 9.92. The van der Waals surface area contributed by atoms with Crippen molar-refractivity contribution in [1.82, 2.24) is 5.32 Å². The molecule has 1 saturated heterocycles. The Morgan fingerprint density at radius 1 is 1.17 bits per heavy atom. The average Bonchev–Trinajstić information content (AvgIpc) is 3.08. The molecular formula is C20H23NO2. The lowest BCUT2D eigenvalue weighted by Crippen LogP contribution is -2.34. The van der Waals surface area contributed by atoms with E-state index in [1.165, 1.54) is 11.1 Å². The first-order chi connectivity index (χ1) is 11.1. The summed E-state index contributed by atoms with van der Waals surface area (Å²) in [6.07, 6.45) is 0.890. The zero-order valence-electron chi connectivity index (χ0n) is 13.7. The molecule has 0 spiro atoms. The van der Waals surface area contributed by atoms with Crippen LogP contribution in [-0.2, 0) is 4.74 Å². The second-order valence-corrected chi connectivity index (χ2v) is 6.36. The maximum absolute atomic E-state index is 12.4. The Labute approximate surface area is 137 Å². The third-order valence-electron chi connectivity index (χ3n) is 4.28. The van der Waals surface area contributed by atoms with Crippen LogP contribution in [-0.4, -0.2) is 25.2 Å². The fraction of sp³-hybridized carbons (Fsp3) is 0.350. The minimum atomic E-state index is -0.0237. The van der Waals surface area contributed by atoms with Gasteiger partial charge in [-0.05, 0) is 41.2 Å². The van der Waals surface area contributed by atoms with Crippen molar-refractivity contribution in [1.29, 1.82) is 0 Å². The van der Waals surface area contributed by atoms with Gasteiger partial charge in [-0.3, -0.25) is 4.79 Å². The van der Waals surface area contributed by atoms with Crippen LogP contribution >= 0.6 is 0 Å². The van der Waals surface area contributed by atoms with Gasteiger partial charge < -0.3 is 10.1 Å². The van der Waals surface area contributed by atoms with E-state index in [4.69, 9.17) is 4.74 Å². The maximum Gasteiger partial charge on any atom is 0.251 e. The summed E-state index contributed by atoms with van der Waals surface area (Å²) in [5, 5.41) is 3.05. The van der Waals surface area contributed by atoms with Crippen molar-refractivity contribution in [3.8, 4) is 11.1 Å². The Morgan fingerprint density at radius 3 is 2.74 bits per heavy atom. The first-order valence-electron chi connectivity index (χ1n) is 8.23. The highest BCUT2D eigenvalue weighted by Crippen LogP contribution is 2.29. The second kappa shape index (κ2) is 6.97. The summed E-state index contributed by atoms with van der Waals surface area (Å²) in [6.45, 7) is 5.72. The van der Waals surface area contributed by atoms with Gasteiger partial charge in [0.25, 0.3) is 5.91 Å². The highest BCUT2D eigenvalue weighted by atomic mass is 16.5. The fourth-order valence-corrected chi connectivity index (χ4v) is 3.01. The van der Waals surface area contributed by atoms with Crippen molar-refractivity contribution in [3.63, 3.8) is 0 Å². The summed E-state index contributed by atoms with van der Waals surface area (Å²) in [6, 6.07) is 16.4. The molecule has 2 aromatic carbocycles. The standard InChI is InChI=1S/C20H23NO2/c1-14(2)18-8-3-4-9-19(18)15-6-5-7-16(12-15)20(22)21-17-10-11-23-13-17/h3-9,12,14,17H,10-11,13H2,1-2H3,(H,21,22). The van der Waals surface area contributed by atoms with Gasteiger partial charge in [-0.2, -0.15) is 0 Å². The molecule has 0 aromatic heterocycles. The molecule has 2 aromatic rings. The molecule has 3 rings (SSSR count). The number of rotatable bonds is 4. The SMILES string of the molecule is CC(C)c1ccccc1-c1cccc(C(=O)NC2CCOC2)c1. The summed E-state index contributed by atoms with van der Waals surface area (Å²) in [7, 11) is 0. The predicted octanol–water partition coefficient (Wildman–Crippen LogP) is 4.00. The molecule has 1 unspecified atom stereocenters. The molecule has 3 heteroatoms. The lowest BCUT2D eigenvalue weighted by Gasteiger charge is -2.14. The third kappa shape index (κ3) is 3.62. The smallest absolute Gasteiger partial charge is 0.251 e. The number of amides is 1. The normalized spacial score (nSPS) is 17.4. The van der Waals surface area contributed by atoms with Crippen LogP contribution in [0.2, 0.25) is 0 Å². The van der Waals surface area contributed by atoms with Crippen molar-refractivity contribution in [2.75, 3.05) is 13.2 Å². The highest BCUT2D eigenvalue weighted by Gasteiger charge is 2.19. The average molecular weight is 309 g/mol. The minimum absolute atomic E-state index is 0.0237. The van der Waals surface area contributed by atoms with Gasteiger partial charge in [-0.1, -0.05) is 50.2 Å². The van der Waals surface area contributed by atoms with E-state index >= 15 is 0 Å². The Kier molecular flexibility index (Phi) is 4.77. The first-order valence-corrected chi connectivity index (χ1v) is 8.23. The van der Waals surface area contributed by atoms with Gasteiger partial charge in [-0.25, -0.2) is 0 Å². The van der Waals surface area contributed by atoms with E-state index in [1.807, 2.05) is 24.3 Å². The Morgan fingerprint density at radius 2 is 2.00 bits per heavy atom. The quantitative estimate of drug-likeness (QED) is 0.927. The van der Waals surface area contributed by atoms with Gasteiger partial charge in [0.2, 0.25) is 0 Å². The summed E-state index contributed by atoms with van der Waals surface area (Å²) < 4.78 is 5.31. The Balaban J connectivity index is 1.86. The summed E-state index contributed by atoms with van der Waals surface area (Å²) in [5.74, 6) is 0.420. The molecule has 0 saturated carbocycles. The molecule has 1 aliphatic heterocycles. The van der Waals surface area contributed by atoms with Crippen LogP contribution in [0.5, 0.6) is 0 Å². The zero-order chi connectivity index (χ0) is 16.2. The van der Waals surface area contributed by atoms with Crippen LogP contribution in [0.4, 0.5) is 0 Å². The van der Waals surface area contributed by atoms with E-state index in [2.05, 4.69) is 43.4 Å². The second-order valence-electron chi connectivity index (χ2n) is 6.36. The van der Waals surface area contributed by atoms with Crippen LogP contribution in [0.15, 0.2) is 48.5 Å².